The highest BCUT2D eigenvalue weighted by atomic mass is 16.5. The van der Waals surface area contributed by atoms with E-state index in [0.717, 1.165) is 5.96 Å². The molecule has 4 nitrogen and oxygen atoms in total. The average molecular weight is 229 g/mol. The molecule has 16 heavy (non-hydrogen) atoms. The van der Waals surface area contributed by atoms with Gasteiger partial charge in [0.05, 0.1) is 12.6 Å². The van der Waals surface area contributed by atoms with Crippen molar-refractivity contribution in [3.63, 3.8) is 0 Å². The highest BCUT2D eigenvalue weighted by Gasteiger charge is 2.24. The first-order valence-corrected chi connectivity index (χ1v) is 5.62. The first-order valence-electron chi connectivity index (χ1n) is 5.62. The van der Waals surface area contributed by atoms with Gasteiger partial charge in [-0.15, -0.1) is 0 Å². The summed E-state index contributed by atoms with van der Waals surface area (Å²) in [5, 5.41) is 0. The summed E-state index contributed by atoms with van der Waals surface area (Å²) < 4.78 is 5.48. The zero-order valence-corrected chi connectivity index (χ0v) is 12.0. The third-order valence-corrected chi connectivity index (χ3v) is 2.45. The van der Waals surface area contributed by atoms with E-state index >= 15 is 0 Å². The molecule has 0 spiro atoms. The minimum absolute atomic E-state index is 0.113. The molecule has 0 saturated carbocycles. The molecule has 0 bridgehead atoms. The maximum atomic E-state index is 5.48. The Balaban J connectivity index is 4.64. The van der Waals surface area contributed by atoms with Crippen molar-refractivity contribution in [2.24, 2.45) is 10.4 Å². The SMILES string of the molecule is COC(CN=C(N(C)C)N(C)C)C(C)(C)C. The van der Waals surface area contributed by atoms with Crippen LogP contribution in [0.4, 0.5) is 0 Å². The Bertz CT molecular complexity index is 219. The molecule has 0 aliphatic heterocycles. The van der Waals surface area contributed by atoms with E-state index in [-0.39, 0.29) is 11.5 Å². The van der Waals surface area contributed by atoms with Crippen LogP contribution in [0.5, 0.6) is 0 Å². The summed E-state index contributed by atoms with van der Waals surface area (Å²) in [6, 6.07) is 0. The molecule has 0 fully saturated rings. The number of ether oxygens (including phenoxy) is 1. The molecule has 0 aromatic carbocycles. The van der Waals surface area contributed by atoms with Gasteiger partial charge in [-0.05, 0) is 5.41 Å². The van der Waals surface area contributed by atoms with Crippen LogP contribution in [-0.4, -0.2) is 63.7 Å². The van der Waals surface area contributed by atoms with Crippen LogP contribution in [0.3, 0.4) is 0 Å². The predicted molar refractivity (Wildman–Crippen MR) is 69.9 cm³/mol. The molecule has 0 aliphatic carbocycles. The molecule has 0 aromatic heterocycles. The van der Waals surface area contributed by atoms with Gasteiger partial charge < -0.3 is 14.5 Å². The summed E-state index contributed by atoms with van der Waals surface area (Å²) in [5.41, 5.74) is 0.113. The predicted octanol–water partition coefficient (Wildman–Crippen LogP) is 1.53. The number of hydrogen-bond donors (Lipinski definition) is 0. The quantitative estimate of drug-likeness (QED) is 0.542. The van der Waals surface area contributed by atoms with Crippen LogP contribution in [0.15, 0.2) is 4.99 Å². The molecule has 0 aromatic rings. The van der Waals surface area contributed by atoms with Gasteiger partial charge >= 0.3 is 0 Å². The fourth-order valence-corrected chi connectivity index (χ4v) is 1.55. The first-order chi connectivity index (χ1) is 7.20. The third-order valence-electron chi connectivity index (χ3n) is 2.45. The maximum Gasteiger partial charge on any atom is 0.195 e. The molecule has 0 amide bonds. The van der Waals surface area contributed by atoms with Crippen molar-refractivity contribution in [1.29, 1.82) is 0 Å². The smallest absolute Gasteiger partial charge is 0.195 e. The molecule has 0 aliphatic rings. The lowest BCUT2D eigenvalue weighted by Gasteiger charge is -2.29. The van der Waals surface area contributed by atoms with Crippen molar-refractivity contribution in [3.05, 3.63) is 0 Å². The van der Waals surface area contributed by atoms with Gasteiger partial charge in [-0.25, -0.2) is 0 Å². The van der Waals surface area contributed by atoms with Gasteiger partial charge in [-0.3, -0.25) is 4.99 Å². The minimum Gasteiger partial charge on any atom is -0.379 e. The van der Waals surface area contributed by atoms with Crippen molar-refractivity contribution >= 4 is 5.96 Å². The molecule has 96 valence electrons. The first kappa shape index (κ1) is 15.2. The Morgan fingerprint density at radius 1 is 1.12 bits per heavy atom. The van der Waals surface area contributed by atoms with Gasteiger partial charge in [-0.2, -0.15) is 0 Å². The highest BCUT2D eigenvalue weighted by Crippen LogP contribution is 2.21. The largest absolute Gasteiger partial charge is 0.379 e. The van der Waals surface area contributed by atoms with Crippen molar-refractivity contribution < 1.29 is 4.74 Å². The molecule has 0 radical (unpaired) electrons. The zero-order chi connectivity index (χ0) is 12.9. The molecule has 0 rings (SSSR count). The summed E-state index contributed by atoms with van der Waals surface area (Å²) in [6.07, 6.45) is 0.141. The van der Waals surface area contributed by atoms with Crippen LogP contribution >= 0.6 is 0 Å². The van der Waals surface area contributed by atoms with Crippen molar-refractivity contribution in [3.8, 4) is 0 Å². The molecular formula is C12H27N3O. The number of aliphatic imine (C=N–C) groups is 1. The van der Waals surface area contributed by atoms with E-state index < -0.39 is 0 Å². The average Bonchev–Trinajstić information content (AvgIpc) is 2.08. The molecule has 1 atom stereocenters. The van der Waals surface area contributed by atoms with Gasteiger partial charge in [0.2, 0.25) is 0 Å². The van der Waals surface area contributed by atoms with Gasteiger partial charge in [-0.1, -0.05) is 20.8 Å². The molecule has 1 unspecified atom stereocenters. The Kier molecular flexibility index (Phi) is 5.79. The van der Waals surface area contributed by atoms with Gasteiger partial charge in [0, 0.05) is 35.3 Å². The lowest BCUT2D eigenvalue weighted by molar-refractivity contribution is 0.0239. The van der Waals surface area contributed by atoms with Crippen LogP contribution in [0.2, 0.25) is 0 Å². The van der Waals surface area contributed by atoms with E-state index in [1.165, 1.54) is 0 Å². The van der Waals surface area contributed by atoms with Crippen LogP contribution in [0.25, 0.3) is 0 Å². The van der Waals surface area contributed by atoms with Crippen molar-refractivity contribution in [2.75, 3.05) is 41.8 Å². The van der Waals surface area contributed by atoms with E-state index in [0.29, 0.717) is 6.54 Å². The summed E-state index contributed by atoms with van der Waals surface area (Å²) in [7, 11) is 9.74. The highest BCUT2D eigenvalue weighted by molar-refractivity contribution is 5.79. The Morgan fingerprint density at radius 2 is 1.56 bits per heavy atom. The third kappa shape index (κ3) is 4.84. The van der Waals surface area contributed by atoms with Crippen LogP contribution in [0, 0.1) is 5.41 Å². The Labute approximate surface area is 100 Å². The fourth-order valence-electron chi connectivity index (χ4n) is 1.55. The van der Waals surface area contributed by atoms with Crippen LogP contribution < -0.4 is 0 Å². The minimum atomic E-state index is 0.113. The molecule has 0 saturated heterocycles. The number of hydrogen-bond acceptors (Lipinski definition) is 2. The molecule has 0 N–H and O–H groups in total. The Morgan fingerprint density at radius 3 is 1.81 bits per heavy atom. The second-order valence-corrected chi connectivity index (χ2v) is 5.52. The number of nitrogens with zero attached hydrogens (tertiary/aromatic N) is 3. The maximum absolute atomic E-state index is 5.48. The second kappa shape index (κ2) is 6.09. The standard InChI is InChI=1S/C12H27N3O/c1-12(2,3)10(16-8)9-13-11(14(4)5)15(6)7/h10H,9H2,1-8H3. The number of rotatable bonds is 3. The van der Waals surface area contributed by atoms with Gasteiger partial charge in [0.1, 0.15) is 0 Å². The lowest BCUT2D eigenvalue weighted by Crippen LogP contribution is -2.38. The van der Waals surface area contributed by atoms with Crippen LogP contribution in [0.1, 0.15) is 20.8 Å². The number of methoxy groups -OCH3 is 1. The lowest BCUT2D eigenvalue weighted by atomic mass is 9.89. The van der Waals surface area contributed by atoms with Crippen molar-refractivity contribution in [2.45, 2.75) is 26.9 Å². The van der Waals surface area contributed by atoms with Gasteiger partial charge in [0.25, 0.3) is 0 Å². The van der Waals surface area contributed by atoms with E-state index in [1.54, 1.807) is 7.11 Å². The topological polar surface area (TPSA) is 28.1 Å². The molecule has 4 heteroatoms. The van der Waals surface area contributed by atoms with Crippen LogP contribution in [-0.2, 0) is 4.74 Å². The monoisotopic (exact) mass is 229 g/mol. The number of guanidine groups is 1. The van der Waals surface area contributed by atoms with E-state index in [9.17, 15) is 0 Å². The summed E-state index contributed by atoms with van der Waals surface area (Å²) in [4.78, 5) is 8.62. The van der Waals surface area contributed by atoms with E-state index in [1.807, 2.05) is 38.0 Å². The second-order valence-electron chi connectivity index (χ2n) is 5.52. The van der Waals surface area contributed by atoms with E-state index in [2.05, 4.69) is 25.8 Å². The molecular weight excluding hydrogens is 202 g/mol. The van der Waals surface area contributed by atoms with E-state index in [4.69, 9.17) is 4.74 Å². The summed E-state index contributed by atoms with van der Waals surface area (Å²) in [6.45, 7) is 7.19. The normalized spacial score (nSPS) is 13.2. The van der Waals surface area contributed by atoms with Crippen molar-refractivity contribution in [1.82, 2.24) is 9.80 Å². The Hall–Kier alpha value is -0.770. The summed E-state index contributed by atoms with van der Waals surface area (Å²) >= 11 is 0. The zero-order valence-electron chi connectivity index (χ0n) is 12.0. The summed E-state index contributed by atoms with van der Waals surface area (Å²) in [5.74, 6) is 0.964. The molecule has 0 heterocycles. The fraction of sp³-hybridized carbons (Fsp3) is 0.917. The van der Waals surface area contributed by atoms with Gasteiger partial charge in [0.15, 0.2) is 5.96 Å².